The molecule has 98 valence electrons. The molecular weight excluding hydrogens is 283 g/mol. The molecule has 2 aromatic rings. The number of benzene rings is 2. The summed E-state index contributed by atoms with van der Waals surface area (Å²) in [6.45, 7) is 1.70. The van der Waals surface area contributed by atoms with Crippen LogP contribution in [-0.4, -0.2) is 5.11 Å². The summed E-state index contributed by atoms with van der Waals surface area (Å²) >= 11 is 11.2. The van der Waals surface area contributed by atoms with E-state index >= 15 is 0 Å². The highest BCUT2D eigenvalue weighted by atomic mass is 35.5. The topological polar surface area (TPSA) is 24.1 Å². The van der Waals surface area contributed by atoms with E-state index in [9.17, 15) is 4.39 Å². The van der Waals surface area contributed by atoms with Crippen molar-refractivity contribution in [3.63, 3.8) is 0 Å². The lowest BCUT2D eigenvalue weighted by Gasteiger charge is -2.12. The van der Waals surface area contributed by atoms with Crippen LogP contribution in [0.4, 0.5) is 15.8 Å². The number of nitrogens with one attached hydrogen (secondary N) is 2. The van der Waals surface area contributed by atoms with Crippen molar-refractivity contribution < 1.29 is 4.39 Å². The molecule has 2 rings (SSSR count). The molecular formula is C14H12ClFN2S. The first-order chi connectivity index (χ1) is 9.06. The maximum Gasteiger partial charge on any atom is 0.175 e. The Balaban J connectivity index is 2.05. The van der Waals surface area contributed by atoms with Crippen LogP contribution >= 0.6 is 23.8 Å². The predicted molar refractivity (Wildman–Crippen MR) is 82.4 cm³/mol. The van der Waals surface area contributed by atoms with Crippen LogP contribution in [0.1, 0.15) is 5.56 Å². The van der Waals surface area contributed by atoms with Gasteiger partial charge in [-0.1, -0.05) is 23.7 Å². The van der Waals surface area contributed by atoms with Crippen LogP contribution in [0.25, 0.3) is 0 Å². The molecule has 2 aromatic carbocycles. The fourth-order valence-corrected chi connectivity index (χ4v) is 1.98. The molecule has 2 nitrogen and oxygen atoms in total. The number of para-hydroxylation sites is 1. The van der Waals surface area contributed by atoms with Crippen LogP contribution < -0.4 is 10.6 Å². The first-order valence-electron chi connectivity index (χ1n) is 5.65. The Hall–Kier alpha value is -1.65. The third kappa shape index (κ3) is 3.66. The van der Waals surface area contributed by atoms with Gasteiger partial charge in [-0.2, -0.15) is 0 Å². The van der Waals surface area contributed by atoms with Gasteiger partial charge >= 0.3 is 0 Å². The van der Waals surface area contributed by atoms with Gasteiger partial charge in [-0.05, 0) is 55.0 Å². The molecule has 0 fully saturated rings. The van der Waals surface area contributed by atoms with Crippen molar-refractivity contribution in [3.05, 3.63) is 58.9 Å². The van der Waals surface area contributed by atoms with Crippen molar-refractivity contribution >= 4 is 40.3 Å². The van der Waals surface area contributed by atoms with Gasteiger partial charge in [0.05, 0.1) is 10.7 Å². The van der Waals surface area contributed by atoms with E-state index in [-0.39, 0.29) is 5.82 Å². The van der Waals surface area contributed by atoms with Gasteiger partial charge in [0.15, 0.2) is 5.11 Å². The van der Waals surface area contributed by atoms with Crippen LogP contribution in [0.2, 0.25) is 5.02 Å². The van der Waals surface area contributed by atoms with E-state index in [4.69, 9.17) is 23.8 Å². The highest BCUT2D eigenvalue weighted by Gasteiger charge is 2.03. The average molecular weight is 295 g/mol. The zero-order valence-electron chi connectivity index (χ0n) is 10.2. The van der Waals surface area contributed by atoms with E-state index < -0.39 is 0 Å². The molecule has 0 amide bonds. The summed E-state index contributed by atoms with van der Waals surface area (Å²) in [6.07, 6.45) is 0. The predicted octanol–water partition coefficient (Wildman–Crippen LogP) is 4.60. The van der Waals surface area contributed by atoms with Crippen LogP contribution in [-0.2, 0) is 0 Å². The molecule has 0 bridgehead atoms. The van der Waals surface area contributed by atoms with Crippen molar-refractivity contribution in [1.29, 1.82) is 0 Å². The fourth-order valence-electron chi connectivity index (χ4n) is 1.57. The summed E-state index contributed by atoms with van der Waals surface area (Å²) in [6, 6.07) is 12.0. The van der Waals surface area contributed by atoms with Crippen LogP contribution in [0.5, 0.6) is 0 Å². The molecule has 0 saturated carbocycles. The smallest absolute Gasteiger partial charge is 0.175 e. The van der Waals surface area contributed by atoms with Gasteiger partial charge in [0, 0.05) is 5.69 Å². The minimum Gasteiger partial charge on any atom is -0.332 e. The zero-order valence-corrected chi connectivity index (χ0v) is 11.8. The summed E-state index contributed by atoms with van der Waals surface area (Å²) in [4.78, 5) is 0. The fraction of sp³-hybridized carbons (Fsp3) is 0.0714. The highest BCUT2D eigenvalue weighted by molar-refractivity contribution is 7.80. The highest BCUT2D eigenvalue weighted by Crippen LogP contribution is 2.21. The number of aryl methyl sites for hydroxylation is 1. The Morgan fingerprint density at radius 3 is 2.58 bits per heavy atom. The number of hydrogen-bond donors (Lipinski definition) is 2. The van der Waals surface area contributed by atoms with Gasteiger partial charge in [0.1, 0.15) is 5.82 Å². The summed E-state index contributed by atoms with van der Waals surface area (Å²) < 4.78 is 13.1. The molecule has 0 aromatic heterocycles. The van der Waals surface area contributed by atoms with Crippen molar-refractivity contribution in [2.75, 3.05) is 10.6 Å². The van der Waals surface area contributed by atoms with Gasteiger partial charge in [-0.25, -0.2) is 4.39 Å². The summed E-state index contributed by atoms with van der Waals surface area (Å²) in [5.74, 6) is -0.240. The molecule has 5 heteroatoms. The maximum absolute atomic E-state index is 13.1. The minimum atomic E-state index is -0.240. The van der Waals surface area contributed by atoms with E-state index in [0.717, 1.165) is 11.4 Å². The molecule has 0 aliphatic heterocycles. The van der Waals surface area contributed by atoms with Gasteiger partial charge in [-0.3, -0.25) is 0 Å². The number of hydrogen-bond acceptors (Lipinski definition) is 1. The lowest BCUT2D eigenvalue weighted by atomic mass is 10.2. The van der Waals surface area contributed by atoms with Gasteiger partial charge in [0.2, 0.25) is 0 Å². The van der Waals surface area contributed by atoms with Gasteiger partial charge in [0.25, 0.3) is 0 Å². The third-order valence-electron chi connectivity index (χ3n) is 2.54. The molecule has 0 unspecified atom stereocenters. The van der Waals surface area contributed by atoms with E-state index in [0.29, 0.717) is 15.7 Å². The molecule has 2 N–H and O–H groups in total. The third-order valence-corrected chi connectivity index (χ3v) is 3.07. The van der Waals surface area contributed by atoms with Crippen molar-refractivity contribution in [2.45, 2.75) is 6.92 Å². The van der Waals surface area contributed by atoms with Crippen molar-refractivity contribution in [1.82, 2.24) is 0 Å². The normalized spacial score (nSPS) is 10.1. The Morgan fingerprint density at radius 1 is 1.16 bits per heavy atom. The minimum absolute atomic E-state index is 0.240. The maximum atomic E-state index is 13.1. The first kappa shape index (κ1) is 13.8. The lowest BCUT2D eigenvalue weighted by molar-refractivity contribution is 0.619. The molecule has 0 saturated heterocycles. The van der Waals surface area contributed by atoms with E-state index in [1.54, 1.807) is 25.1 Å². The molecule has 0 aliphatic rings. The summed E-state index contributed by atoms with van der Waals surface area (Å²) in [7, 11) is 0. The number of anilines is 2. The van der Waals surface area contributed by atoms with E-state index in [1.165, 1.54) is 6.07 Å². The molecule has 0 spiro atoms. The van der Waals surface area contributed by atoms with E-state index in [2.05, 4.69) is 10.6 Å². The molecule has 0 aliphatic carbocycles. The Morgan fingerprint density at radius 2 is 1.89 bits per heavy atom. The molecule has 19 heavy (non-hydrogen) atoms. The first-order valence-corrected chi connectivity index (χ1v) is 6.43. The molecule has 0 heterocycles. The zero-order chi connectivity index (χ0) is 13.8. The van der Waals surface area contributed by atoms with Crippen LogP contribution in [0.15, 0.2) is 42.5 Å². The van der Waals surface area contributed by atoms with Crippen LogP contribution in [0.3, 0.4) is 0 Å². The summed E-state index contributed by atoms with van der Waals surface area (Å²) in [5, 5.41) is 6.96. The quantitative estimate of drug-likeness (QED) is 0.792. The second-order valence-electron chi connectivity index (χ2n) is 4.02. The Labute approximate surface area is 121 Å². The second-order valence-corrected chi connectivity index (χ2v) is 4.84. The van der Waals surface area contributed by atoms with Gasteiger partial charge < -0.3 is 10.6 Å². The molecule has 0 atom stereocenters. The van der Waals surface area contributed by atoms with E-state index in [1.807, 2.05) is 18.2 Å². The van der Waals surface area contributed by atoms with Crippen molar-refractivity contribution in [3.8, 4) is 0 Å². The second kappa shape index (κ2) is 5.99. The lowest BCUT2D eigenvalue weighted by Crippen LogP contribution is -2.19. The standard InChI is InChI=1S/C14H12ClFN2S/c1-9-8-10(6-7-12(9)16)17-14(19)18-13-5-3-2-4-11(13)15/h2-8H,1H3,(H2,17,18,19). The number of rotatable bonds is 2. The SMILES string of the molecule is Cc1cc(NC(=S)Nc2ccccc2Cl)ccc1F. The van der Waals surface area contributed by atoms with Crippen molar-refractivity contribution in [2.24, 2.45) is 0 Å². The monoisotopic (exact) mass is 294 g/mol. The van der Waals surface area contributed by atoms with Crippen LogP contribution in [0, 0.1) is 12.7 Å². The Bertz CT molecular complexity index is 616. The number of halogens is 2. The molecule has 0 radical (unpaired) electrons. The average Bonchev–Trinajstić information content (AvgIpc) is 2.37. The number of thiocarbonyl (C=S) groups is 1. The largest absolute Gasteiger partial charge is 0.332 e. The summed E-state index contributed by atoms with van der Waals surface area (Å²) in [5.41, 5.74) is 2.01. The Kier molecular flexibility index (Phi) is 4.35. The van der Waals surface area contributed by atoms with Gasteiger partial charge in [-0.15, -0.1) is 0 Å².